The van der Waals surface area contributed by atoms with Gasteiger partial charge in [-0.2, -0.15) is 72.8 Å². The Morgan fingerprint density at radius 3 is 1.55 bits per heavy atom. The molecular formula is C51H51Cl3Zr-4. The van der Waals surface area contributed by atoms with E-state index in [1.54, 1.807) is 24.3 Å². The first-order chi connectivity index (χ1) is 25.5. The Labute approximate surface area is 363 Å². The van der Waals surface area contributed by atoms with Crippen LogP contribution in [0, 0.1) is 24.3 Å². The van der Waals surface area contributed by atoms with E-state index in [0.717, 1.165) is 17.9 Å². The van der Waals surface area contributed by atoms with Gasteiger partial charge in [0, 0.05) is 0 Å². The predicted molar refractivity (Wildman–Crippen MR) is 241 cm³/mol. The number of allylic oxidation sites excluding steroid dienone is 4. The fourth-order valence-corrected chi connectivity index (χ4v) is 6.28. The molecule has 284 valence electrons. The van der Waals surface area contributed by atoms with E-state index in [9.17, 15) is 0 Å². The maximum absolute atomic E-state index is 5.52. The Kier molecular flexibility index (Phi) is 20.3. The number of halogens is 3. The summed E-state index contributed by atoms with van der Waals surface area (Å²) in [5, 5.41) is 0.763. The molecule has 0 atom stereocenters. The second-order valence-electron chi connectivity index (χ2n) is 14.7. The third kappa shape index (κ3) is 14.1. The summed E-state index contributed by atoms with van der Waals surface area (Å²) in [6, 6.07) is 55.3. The number of hydrogen-bond acceptors (Lipinski definition) is 0. The molecule has 4 heteroatoms. The molecule has 0 nitrogen and oxygen atoms in total. The maximum atomic E-state index is 5.52. The van der Waals surface area contributed by atoms with Crippen molar-refractivity contribution in [2.75, 3.05) is 0 Å². The number of rotatable bonds is 2. The molecule has 55 heavy (non-hydrogen) atoms. The Balaban J connectivity index is 0.000000386. The second kappa shape index (κ2) is 23.5. The van der Waals surface area contributed by atoms with Crippen LogP contribution in [0.1, 0.15) is 70.2 Å². The molecule has 0 saturated carbocycles. The van der Waals surface area contributed by atoms with Crippen molar-refractivity contribution >= 4 is 40.6 Å². The molecule has 0 fully saturated rings. The topological polar surface area (TPSA) is 0 Å². The Morgan fingerprint density at radius 2 is 1.13 bits per heavy atom. The first-order valence-corrected chi connectivity index (χ1v) is 20.1. The van der Waals surface area contributed by atoms with Gasteiger partial charge in [0.15, 0.2) is 0 Å². The van der Waals surface area contributed by atoms with Gasteiger partial charge < -0.3 is 0 Å². The van der Waals surface area contributed by atoms with Crippen LogP contribution in [0.5, 0.6) is 0 Å². The molecule has 0 saturated heterocycles. The smallest absolute Gasteiger partial charge is 0.171 e. The molecule has 0 bridgehead atoms. The van der Waals surface area contributed by atoms with E-state index in [0.29, 0.717) is 0 Å². The van der Waals surface area contributed by atoms with Crippen molar-refractivity contribution in [2.24, 2.45) is 0 Å². The van der Waals surface area contributed by atoms with Crippen LogP contribution in [-0.4, -0.2) is 4.21 Å². The summed E-state index contributed by atoms with van der Waals surface area (Å²) in [4.78, 5) is 0. The van der Waals surface area contributed by atoms with E-state index in [1.165, 1.54) is 79.9 Å². The van der Waals surface area contributed by atoms with Crippen molar-refractivity contribution in [3.8, 4) is 33.4 Å². The van der Waals surface area contributed by atoms with Crippen LogP contribution < -0.4 is 0 Å². The minimum absolute atomic E-state index is 0. The van der Waals surface area contributed by atoms with E-state index in [4.69, 9.17) is 11.6 Å². The molecule has 0 heterocycles. The van der Waals surface area contributed by atoms with Crippen LogP contribution >= 0.6 is 36.4 Å². The molecule has 6 aromatic carbocycles. The summed E-state index contributed by atoms with van der Waals surface area (Å²) in [7, 11) is 0. The van der Waals surface area contributed by atoms with Gasteiger partial charge in [-0.05, 0) is 39.5 Å². The van der Waals surface area contributed by atoms with Gasteiger partial charge in [-0.3, -0.25) is 6.08 Å². The molecule has 0 aromatic heterocycles. The molecule has 2 aliphatic carbocycles. The molecular weight excluding hydrogens is 810 g/mol. The molecule has 0 spiro atoms. The third-order valence-electron chi connectivity index (χ3n) is 8.69. The fraction of sp³-hybridized carbons (Fsp3) is 0.196. The van der Waals surface area contributed by atoms with E-state index in [2.05, 4.69) is 155 Å². The monoisotopic (exact) mass is 858 g/mol. The van der Waals surface area contributed by atoms with Gasteiger partial charge in [0.25, 0.3) is 0 Å². The number of benzene rings is 6. The minimum Gasteiger partial charge on any atom is -0.184 e. The van der Waals surface area contributed by atoms with Gasteiger partial charge in [-0.25, -0.2) is 12.2 Å². The molecule has 0 N–H and O–H groups in total. The van der Waals surface area contributed by atoms with Crippen LogP contribution in [-0.2, 0) is 41.5 Å². The van der Waals surface area contributed by atoms with Crippen molar-refractivity contribution in [2.45, 2.75) is 65.2 Å². The third-order valence-corrected chi connectivity index (χ3v) is 8.95. The fourth-order valence-electron chi connectivity index (χ4n) is 6.15. The van der Waals surface area contributed by atoms with Crippen LogP contribution in [0.2, 0.25) is 5.02 Å². The molecule has 2 aliphatic rings. The van der Waals surface area contributed by atoms with Gasteiger partial charge >= 0.3 is 28.4 Å². The summed E-state index contributed by atoms with van der Waals surface area (Å²) in [5.74, 6) is 0. The van der Waals surface area contributed by atoms with Gasteiger partial charge in [0.05, 0.1) is 0 Å². The summed E-state index contributed by atoms with van der Waals surface area (Å²) in [5.41, 5.74) is 13.5. The summed E-state index contributed by atoms with van der Waals surface area (Å²) in [6.07, 6.45) is 10.9. The van der Waals surface area contributed by atoms with Crippen LogP contribution in [0.3, 0.4) is 0 Å². The van der Waals surface area contributed by atoms with Crippen LogP contribution in [0.25, 0.3) is 33.4 Å². The minimum atomic E-state index is 0. The van der Waals surface area contributed by atoms with Crippen molar-refractivity contribution in [3.63, 3.8) is 0 Å². The molecule has 6 aromatic rings. The Bertz CT molecular complexity index is 1920. The van der Waals surface area contributed by atoms with E-state index < -0.39 is 0 Å². The Morgan fingerprint density at radius 1 is 0.600 bits per heavy atom. The predicted octanol–water partition coefficient (Wildman–Crippen LogP) is 14.7. The number of hydrogen-bond donors (Lipinski definition) is 0. The molecule has 8 rings (SSSR count). The van der Waals surface area contributed by atoms with Crippen LogP contribution in [0.4, 0.5) is 0 Å². The quantitative estimate of drug-likeness (QED) is 0.152. The largest absolute Gasteiger partial charge is 0.184 e. The van der Waals surface area contributed by atoms with Gasteiger partial charge in [0.1, 0.15) is 0 Å². The van der Waals surface area contributed by atoms with Gasteiger partial charge in [-0.15, -0.1) is 71.7 Å². The average molecular weight is 862 g/mol. The van der Waals surface area contributed by atoms with E-state index in [1.807, 2.05) is 42.5 Å². The molecule has 0 amide bonds. The van der Waals surface area contributed by atoms with E-state index >= 15 is 0 Å². The second-order valence-corrected chi connectivity index (χ2v) is 15.1. The zero-order valence-electron chi connectivity index (χ0n) is 32.7. The van der Waals surface area contributed by atoms with Crippen LogP contribution in [0.15, 0.2) is 152 Å². The van der Waals surface area contributed by atoms with Crippen molar-refractivity contribution < 1.29 is 24.2 Å². The first kappa shape index (κ1) is 47.6. The number of fused-ring (bicyclic) bond motifs is 3. The first-order valence-electron chi connectivity index (χ1n) is 18.0. The van der Waals surface area contributed by atoms with Crippen molar-refractivity contribution in [3.05, 3.63) is 203 Å². The van der Waals surface area contributed by atoms with E-state index in [-0.39, 0.29) is 35.6 Å². The Hall–Kier alpha value is -3.58. The van der Waals surface area contributed by atoms with Gasteiger partial charge in [-0.1, -0.05) is 136 Å². The zero-order chi connectivity index (χ0) is 38.3. The normalized spacial score (nSPS) is 11.5. The maximum Gasteiger partial charge on any atom is -0.171 e. The van der Waals surface area contributed by atoms with Crippen molar-refractivity contribution in [1.82, 2.24) is 0 Å². The standard InChI is InChI=1S/C33H33.C6H4Cl.C6H5.C5H5.CH2.2ClH.Zr/c1-32(2,3)30-20-26-24(18-28(30)22-13-9-7-10-14-22)17-25-19-29(23-15-11-8-12-16-23)31(21-27(25)26)33(4,5)6;7-6-4-2-1-3-5-6;1-2-4-6-5-3-1;1-2-4-5-3-1;;;;/h7-16,18,20-21H,17H2,1-6H3;2-5H;1-5H;1-3H,4H2;1H2;2*1H;/q4*-1;;;;. The summed E-state index contributed by atoms with van der Waals surface area (Å²) in [6.45, 7) is 13.9. The zero-order valence-corrected chi connectivity index (χ0v) is 37.6. The van der Waals surface area contributed by atoms with Crippen molar-refractivity contribution in [1.29, 1.82) is 0 Å². The molecule has 0 radical (unpaired) electrons. The molecule has 0 aliphatic heterocycles. The summed E-state index contributed by atoms with van der Waals surface area (Å²) >= 11 is 6.82. The van der Waals surface area contributed by atoms with Gasteiger partial charge in [0.2, 0.25) is 0 Å². The molecule has 0 unspecified atom stereocenters. The average Bonchev–Trinajstić information content (AvgIpc) is 3.88. The summed E-state index contributed by atoms with van der Waals surface area (Å²) < 4.78 is 3.34. The SMILES string of the molecule is CC(C)(C)c1cc2c([c-]c1-c1ccccc1)Cc1cc(-c3ccccc3)c(C(C)(C)C)cc1-2.Cl.Cl.Clc1cc[c-]cc1.[C-]1=CC=CC1.[CH2]=[Zr].[c-]1ccccc1.